The molecule has 1 unspecified atom stereocenters. The minimum atomic E-state index is -0.347. The Morgan fingerprint density at radius 3 is 3.09 bits per heavy atom. The summed E-state index contributed by atoms with van der Waals surface area (Å²) in [6.07, 6.45) is 4.52. The van der Waals surface area contributed by atoms with Crippen molar-refractivity contribution in [3.63, 3.8) is 0 Å². The molecule has 3 heteroatoms. The Hall–Kier alpha value is -1.09. The number of esters is 1. The second kappa shape index (κ2) is 3.93. The van der Waals surface area contributed by atoms with Crippen molar-refractivity contribution < 1.29 is 14.3 Å². The molecule has 1 aliphatic heterocycles. The Bertz CT molecular complexity index is 180. The molecule has 1 fully saturated rings. The summed E-state index contributed by atoms with van der Waals surface area (Å²) < 4.78 is 9.61. The summed E-state index contributed by atoms with van der Waals surface area (Å²) in [5.74, 6) is -0.347. The summed E-state index contributed by atoms with van der Waals surface area (Å²) in [4.78, 5) is 10.7. The molecule has 0 aromatic carbocycles. The van der Waals surface area contributed by atoms with Crippen LogP contribution in [0, 0.1) is 0 Å². The average molecular weight is 154 g/mol. The van der Waals surface area contributed by atoms with E-state index in [2.05, 4.69) is 6.58 Å². The summed E-state index contributed by atoms with van der Waals surface area (Å²) in [6.45, 7) is 4.49. The molecule has 0 aliphatic carbocycles. The van der Waals surface area contributed by atoms with E-state index in [4.69, 9.17) is 9.47 Å². The van der Waals surface area contributed by atoms with E-state index >= 15 is 0 Å². The highest BCUT2D eigenvalue weighted by Gasteiger charge is 2.23. The van der Waals surface area contributed by atoms with E-state index in [-0.39, 0.29) is 12.1 Å². The molecule has 0 aromatic rings. The number of hydrogen-bond donors (Lipinski definition) is 0. The Morgan fingerprint density at radius 1 is 1.82 bits per heavy atom. The Kier molecular flexibility index (Phi) is 2.86. The molecule has 1 rings (SSSR count). The summed E-state index contributed by atoms with van der Waals surface area (Å²) in [5.41, 5.74) is 0. The molecule has 3 nitrogen and oxygen atoms in total. The van der Waals surface area contributed by atoms with E-state index < -0.39 is 0 Å². The lowest BCUT2D eigenvalue weighted by molar-refractivity contribution is -0.138. The van der Waals surface area contributed by atoms with Crippen molar-refractivity contribution in [1.29, 1.82) is 0 Å². The highest BCUT2D eigenvalue weighted by Crippen LogP contribution is 2.08. The molecule has 1 heterocycles. The molecule has 0 N–H and O–H groups in total. The molecular formula is C8H10O3. The number of allylic oxidation sites excluding steroid dienone is 2. The molecule has 0 saturated carbocycles. The first-order valence-electron chi connectivity index (χ1n) is 3.40. The Balaban J connectivity index is 2.08. The molecule has 0 amide bonds. The van der Waals surface area contributed by atoms with Gasteiger partial charge < -0.3 is 9.47 Å². The number of hydrogen-bond acceptors (Lipinski definition) is 3. The fourth-order valence-corrected chi connectivity index (χ4v) is 0.534. The van der Waals surface area contributed by atoms with Crippen molar-refractivity contribution in [2.75, 3.05) is 13.2 Å². The van der Waals surface area contributed by atoms with Gasteiger partial charge in [0, 0.05) is 6.08 Å². The molecular weight excluding hydrogens is 144 g/mol. The Morgan fingerprint density at radius 2 is 2.55 bits per heavy atom. The monoisotopic (exact) mass is 154 g/mol. The zero-order valence-electron chi connectivity index (χ0n) is 6.16. The van der Waals surface area contributed by atoms with E-state index in [1.54, 1.807) is 0 Å². The number of ether oxygens (including phenoxy) is 2. The lowest BCUT2D eigenvalue weighted by Crippen LogP contribution is -2.06. The third-order valence-corrected chi connectivity index (χ3v) is 1.18. The van der Waals surface area contributed by atoms with Gasteiger partial charge in [0.1, 0.15) is 12.7 Å². The van der Waals surface area contributed by atoms with Gasteiger partial charge in [-0.1, -0.05) is 18.7 Å². The summed E-state index contributed by atoms with van der Waals surface area (Å²) in [7, 11) is 0. The van der Waals surface area contributed by atoms with Crippen molar-refractivity contribution >= 4 is 5.97 Å². The van der Waals surface area contributed by atoms with Crippen LogP contribution in [0.3, 0.4) is 0 Å². The molecule has 0 spiro atoms. The second-order valence-corrected chi connectivity index (χ2v) is 2.18. The van der Waals surface area contributed by atoms with E-state index in [1.165, 1.54) is 18.2 Å². The van der Waals surface area contributed by atoms with Gasteiger partial charge in [-0.25, -0.2) is 4.79 Å². The van der Waals surface area contributed by atoms with Crippen LogP contribution in [0.1, 0.15) is 0 Å². The van der Waals surface area contributed by atoms with Crippen LogP contribution < -0.4 is 0 Å². The smallest absolute Gasteiger partial charge is 0.330 e. The van der Waals surface area contributed by atoms with Gasteiger partial charge in [-0.05, 0) is 0 Å². The third-order valence-electron chi connectivity index (χ3n) is 1.18. The van der Waals surface area contributed by atoms with Gasteiger partial charge >= 0.3 is 5.97 Å². The minimum absolute atomic E-state index is 0.135. The molecule has 1 atom stereocenters. The van der Waals surface area contributed by atoms with Crippen LogP contribution in [0.5, 0.6) is 0 Å². The zero-order valence-corrected chi connectivity index (χ0v) is 6.16. The number of rotatable bonds is 4. The molecule has 11 heavy (non-hydrogen) atoms. The summed E-state index contributed by atoms with van der Waals surface area (Å²) >= 11 is 0. The van der Waals surface area contributed by atoms with E-state index in [0.29, 0.717) is 13.2 Å². The van der Waals surface area contributed by atoms with Crippen molar-refractivity contribution in [3.05, 3.63) is 24.8 Å². The predicted octanol–water partition coefficient (Wildman–Crippen LogP) is 0.671. The molecule has 0 bridgehead atoms. The maximum Gasteiger partial charge on any atom is 0.330 e. The molecule has 1 aliphatic rings. The van der Waals surface area contributed by atoms with Gasteiger partial charge in [-0.15, -0.1) is 0 Å². The fourth-order valence-electron chi connectivity index (χ4n) is 0.534. The molecule has 60 valence electrons. The maximum absolute atomic E-state index is 10.7. The standard InChI is InChI=1S/C8H10O3/c1-2-3-4-8(9)11-6-7-5-10-7/h2-4,7H,1,5-6H2. The number of carbonyl (C=O) groups is 1. The van der Waals surface area contributed by atoms with Gasteiger partial charge in [0.25, 0.3) is 0 Å². The number of epoxide rings is 1. The summed E-state index contributed by atoms with van der Waals surface area (Å²) in [6, 6.07) is 0. The van der Waals surface area contributed by atoms with Crippen molar-refractivity contribution in [2.24, 2.45) is 0 Å². The molecule has 1 saturated heterocycles. The lowest BCUT2D eigenvalue weighted by atomic mass is 10.5. The van der Waals surface area contributed by atoms with Crippen molar-refractivity contribution in [3.8, 4) is 0 Å². The highest BCUT2D eigenvalue weighted by molar-refractivity contribution is 5.82. The van der Waals surface area contributed by atoms with Crippen LogP contribution in [-0.4, -0.2) is 25.3 Å². The number of carbonyl (C=O) groups excluding carboxylic acids is 1. The van der Waals surface area contributed by atoms with Crippen LogP contribution in [-0.2, 0) is 14.3 Å². The topological polar surface area (TPSA) is 38.8 Å². The molecule has 0 radical (unpaired) electrons. The SMILES string of the molecule is C=CC=CC(=O)OCC1CO1. The first-order chi connectivity index (χ1) is 5.33. The molecule has 0 aromatic heterocycles. The first kappa shape index (κ1) is 8.01. The van der Waals surface area contributed by atoms with Crippen LogP contribution >= 0.6 is 0 Å². The lowest BCUT2D eigenvalue weighted by Gasteiger charge is -1.95. The first-order valence-corrected chi connectivity index (χ1v) is 3.40. The normalized spacial score (nSPS) is 21.6. The van der Waals surface area contributed by atoms with Gasteiger partial charge in [0.05, 0.1) is 6.61 Å². The Labute approximate surface area is 65.3 Å². The zero-order chi connectivity index (χ0) is 8.10. The maximum atomic E-state index is 10.7. The van der Waals surface area contributed by atoms with Gasteiger partial charge in [0.15, 0.2) is 0 Å². The third kappa shape index (κ3) is 3.57. The van der Waals surface area contributed by atoms with E-state index in [1.807, 2.05) is 0 Å². The van der Waals surface area contributed by atoms with Crippen LogP contribution in [0.25, 0.3) is 0 Å². The van der Waals surface area contributed by atoms with E-state index in [0.717, 1.165) is 0 Å². The van der Waals surface area contributed by atoms with Gasteiger partial charge in [0.2, 0.25) is 0 Å². The summed E-state index contributed by atoms with van der Waals surface area (Å²) in [5, 5.41) is 0. The average Bonchev–Trinajstić information content (AvgIpc) is 2.80. The van der Waals surface area contributed by atoms with Crippen LogP contribution in [0.4, 0.5) is 0 Å². The van der Waals surface area contributed by atoms with Crippen LogP contribution in [0.15, 0.2) is 24.8 Å². The predicted molar refractivity (Wildman–Crippen MR) is 40.0 cm³/mol. The van der Waals surface area contributed by atoms with Gasteiger partial charge in [-0.2, -0.15) is 0 Å². The van der Waals surface area contributed by atoms with Crippen LogP contribution in [0.2, 0.25) is 0 Å². The van der Waals surface area contributed by atoms with Crippen molar-refractivity contribution in [2.45, 2.75) is 6.10 Å². The fraction of sp³-hybridized carbons (Fsp3) is 0.375. The van der Waals surface area contributed by atoms with Gasteiger partial charge in [-0.3, -0.25) is 0 Å². The van der Waals surface area contributed by atoms with E-state index in [9.17, 15) is 4.79 Å². The second-order valence-electron chi connectivity index (χ2n) is 2.18. The quantitative estimate of drug-likeness (QED) is 0.258. The minimum Gasteiger partial charge on any atom is -0.460 e. The largest absolute Gasteiger partial charge is 0.460 e. The van der Waals surface area contributed by atoms with Crippen molar-refractivity contribution in [1.82, 2.24) is 0 Å². The highest BCUT2D eigenvalue weighted by atomic mass is 16.6.